The average Bonchev–Trinajstić information content (AvgIpc) is 2.74. The van der Waals surface area contributed by atoms with Gasteiger partial charge in [-0.3, -0.25) is 0 Å². The summed E-state index contributed by atoms with van der Waals surface area (Å²) in [6.45, 7) is 5.66. The molecule has 0 amide bonds. The molecule has 2 heterocycles. The molecule has 1 aromatic rings. The van der Waals surface area contributed by atoms with Crippen molar-refractivity contribution in [3.63, 3.8) is 0 Å². The Kier molecular flexibility index (Phi) is 8.94. The normalized spacial score (nSPS) is 17.3. The maximum absolute atomic E-state index is 8.75. The van der Waals surface area contributed by atoms with E-state index in [9.17, 15) is 0 Å². The Morgan fingerprint density at radius 2 is 2.43 bits per heavy atom. The summed E-state index contributed by atoms with van der Waals surface area (Å²) in [5.41, 5.74) is 7.57. The molecule has 0 aromatic carbocycles. The number of anilines is 2. The second-order valence-electron chi connectivity index (χ2n) is 6.26. The molecule has 150 valence electrons. The number of aromatic nitrogens is 1. The first-order valence-electron chi connectivity index (χ1n) is 9.10. The van der Waals surface area contributed by atoms with E-state index >= 15 is 0 Å². The molecule has 9 nitrogen and oxygen atoms in total. The summed E-state index contributed by atoms with van der Waals surface area (Å²) < 4.78 is 0. The van der Waals surface area contributed by atoms with Gasteiger partial charge in [-0.05, 0) is 19.4 Å². The highest BCUT2D eigenvalue weighted by molar-refractivity contribution is 5.83. The number of aliphatic imine (C=N–C) groups is 1. The Labute approximate surface area is 165 Å². The average molecular weight is 385 g/mol. The number of piperidine rings is 1. The molecule has 1 aliphatic rings. The Morgan fingerprint density at radius 1 is 1.57 bits per heavy atom. The Morgan fingerprint density at radius 3 is 3.11 bits per heavy atom. The van der Waals surface area contributed by atoms with Crippen molar-refractivity contribution in [2.45, 2.75) is 31.9 Å². The van der Waals surface area contributed by atoms with Crippen LogP contribution in [0.15, 0.2) is 41.4 Å². The van der Waals surface area contributed by atoms with E-state index in [0.717, 1.165) is 30.8 Å². The number of nitrogens with two attached hydrogens (primary N) is 1. The molecule has 0 aliphatic carbocycles. The van der Waals surface area contributed by atoms with E-state index in [1.807, 2.05) is 12.1 Å². The van der Waals surface area contributed by atoms with Gasteiger partial charge in [0, 0.05) is 48.5 Å². The SMILES string of the molecule is C=C(C#N)/C=N\C(=C/N)Nc1cc(NCC2CCCCN2)c(COOC)cn1. The molecule has 1 atom stereocenters. The minimum absolute atomic E-state index is 0.225. The summed E-state index contributed by atoms with van der Waals surface area (Å²) in [6.07, 6.45) is 7.93. The standard InChI is InChI=1S/C19H27N7O2/c1-14(8-20)10-24-19(9-21)26-18-7-17(15(11-25-18)13-28-27-2)23-12-16-5-3-4-6-22-16/h7,9-11,16,22H,1,3-6,12-13,21H2,2H3,(H2,23,25,26)/b19-9+,24-10-. The van der Waals surface area contributed by atoms with Crippen molar-refractivity contribution >= 4 is 17.7 Å². The van der Waals surface area contributed by atoms with Gasteiger partial charge in [-0.1, -0.05) is 13.0 Å². The van der Waals surface area contributed by atoms with Crippen LogP contribution in [-0.4, -0.2) is 37.4 Å². The van der Waals surface area contributed by atoms with Gasteiger partial charge in [-0.2, -0.15) is 5.26 Å². The number of nitrogens with one attached hydrogen (secondary N) is 3. The van der Waals surface area contributed by atoms with Crippen LogP contribution in [0.5, 0.6) is 0 Å². The predicted molar refractivity (Wildman–Crippen MR) is 109 cm³/mol. The van der Waals surface area contributed by atoms with E-state index in [1.165, 1.54) is 32.4 Å². The fraction of sp³-hybridized carbons (Fsp3) is 0.421. The molecule has 5 N–H and O–H groups in total. The fourth-order valence-corrected chi connectivity index (χ4v) is 2.71. The van der Waals surface area contributed by atoms with Crippen LogP contribution >= 0.6 is 0 Å². The van der Waals surface area contributed by atoms with Crippen molar-refractivity contribution in [2.24, 2.45) is 10.7 Å². The van der Waals surface area contributed by atoms with Gasteiger partial charge in [0.2, 0.25) is 0 Å². The molecule has 1 aromatic heterocycles. The van der Waals surface area contributed by atoms with Crippen LogP contribution < -0.4 is 21.7 Å². The molecule has 1 aliphatic heterocycles. The van der Waals surface area contributed by atoms with Crippen molar-refractivity contribution in [3.8, 4) is 6.07 Å². The van der Waals surface area contributed by atoms with Gasteiger partial charge in [0.1, 0.15) is 24.3 Å². The van der Waals surface area contributed by atoms with Crippen LogP contribution in [0.3, 0.4) is 0 Å². The number of nitriles is 1. The zero-order valence-corrected chi connectivity index (χ0v) is 16.1. The number of allylic oxidation sites excluding steroid dienone is 1. The van der Waals surface area contributed by atoms with Crippen molar-refractivity contribution in [2.75, 3.05) is 30.8 Å². The first-order valence-corrected chi connectivity index (χ1v) is 9.10. The maximum Gasteiger partial charge on any atom is 0.147 e. The molecule has 1 unspecified atom stereocenters. The summed E-state index contributed by atoms with van der Waals surface area (Å²) in [7, 11) is 1.47. The van der Waals surface area contributed by atoms with Crippen LogP contribution in [0.2, 0.25) is 0 Å². The molecule has 28 heavy (non-hydrogen) atoms. The summed E-state index contributed by atoms with van der Waals surface area (Å²) in [5, 5.41) is 18.7. The molecule has 0 spiro atoms. The van der Waals surface area contributed by atoms with Crippen LogP contribution in [0.4, 0.5) is 11.5 Å². The van der Waals surface area contributed by atoms with Gasteiger partial charge in [0.05, 0.1) is 12.7 Å². The molecule has 0 radical (unpaired) electrons. The Balaban J connectivity index is 2.10. The lowest BCUT2D eigenvalue weighted by Crippen LogP contribution is -2.39. The fourth-order valence-electron chi connectivity index (χ4n) is 2.71. The highest BCUT2D eigenvalue weighted by Gasteiger charge is 2.14. The number of nitrogens with zero attached hydrogens (tertiary/aromatic N) is 3. The predicted octanol–water partition coefficient (Wildman–Crippen LogP) is 2.03. The molecule has 2 rings (SSSR count). The molecule has 1 fully saturated rings. The maximum atomic E-state index is 8.75. The minimum atomic E-state index is 0.225. The smallest absolute Gasteiger partial charge is 0.147 e. The van der Waals surface area contributed by atoms with Gasteiger partial charge in [0.15, 0.2) is 0 Å². The summed E-state index contributed by atoms with van der Waals surface area (Å²) in [6, 6.07) is 4.18. The molecule has 0 saturated carbocycles. The van der Waals surface area contributed by atoms with E-state index in [2.05, 4.69) is 32.5 Å². The van der Waals surface area contributed by atoms with Crippen LogP contribution in [0.1, 0.15) is 24.8 Å². The van der Waals surface area contributed by atoms with Gasteiger partial charge >= 0.3 is 0 Å². The third-order valence-electron chi connectivity index (χ3n) is 4.19. The first-order chi connectivity index (χ1) is 13.7. The van der Waals surface area contributed by atoms with Crippen LogP contribution in [0, 0.1) is 11.3 Å². The van der Waals surface area contributed by atoms with E-state index < -0.39 is 0 Å². The third kappa shape index (κ3) is 7.00. The third-order valence-corrected chi connectivity index (χ3v) is 4.19. The van der Waals surface area contributed by atoms with Crippen molar-refractivity contribution in [1.82, 2.24) is 10.3 Å². The van der Waals surface area contributed by atoms with Gasteiger partial charge in [-0.15, -0.1) is 0 Å². The molecular formula is C19H27N7O2. The molecule has 1 saturated heterocycles. The zero-order chi connectivity index (χ0) is 20.2. The Hall–Kier alpha value is -2.93. The molecular weight excluding hydrogens is 358 g/mol. The minimum Gasteiger partial charge on any atom is -0.402 e. The van der Waals surface area contributed by atoms with E-state index in [-0.39, 0.29) is 12.2 Å². The number of rotatable bonds is 10. The lowest BCUT2D eigenvalue weighted by Gasteiger charge is -2.24. The first kappa shape index (κ1) is 21.4. The quantitative estimate of drug-likeness (QED) is 0.208. The second kappa shape index (κ2) is 11.7. The van der Waals surface area contributed by atoms with E-state index in [1.54, 1.807) is 6.20 Å². The van der Waals surface area contributed by atoms with Crippen molar-refractivity contribution in [1.29, 1.82) is 5.26 Å². The van der Waals surface area contributed by atoms with Crippen molar-refractivity contribution in [3.05, 3.63) is 42.0 Å². The van der Waals surface area contributed by atoms with Gasteiger partial charge < -0.3 is 21.7 Å². The highest BCUT2D eigenvalue weighted by Crippen LogP contribution is 2.21. The monoisotopic (exact) mass is 385 g/mol. The lowest BCUT2D eigenvalue weighted by molar-refractivity contribution is -0.282. The zero-order valence-electron chi connectivity index (χ0n) is 16.1. The second-order valence-corrected chi connectivity index (χ2v) is 6.26. The Bertz CT molecular complexity index is 749. The molecule has 0 bridgehead atoms. The molecule has 9 heteroatoms. The van der Waals surface area contributed by atoms with Crippen LogP contribution in [0.25, 0.3) is 0 Å². The van der Waals surface area contributed by atoms with Crippen molar-refractivity contribution < 1.29 is 9.78 Å². The number of hydrogen-bond acceptors (Lipinski definition) is 9. The number of hydrogen-bond donors (Lipinski definition) is 4. The largest absolute Gasteiger partial charge is 0.402 e. The highest BCUT2D eigenvalue weighted by atomic mass is 17.2. The van der Waals surface area contributed by atoms with E-state index in [4.69, 9.17) is 20.8 Å². The summed E-state index contributed by atoms with van der Waals surface area (Å²) in [5.74, 6) is 0.904. The van der Waals surface area contributed by atoms with Gasteiger partial charge in [-0.25, -0.2) is 19.8 Å². The van der Waals surface area contributed by atoms with E-state index in [0.29, 0.717) is 17.7 Å². The summed E-state index contributed by atoms with van der Waals surface area (Å²) >= 11 is 0. The lowest BCUT2D eigenvalue weighted by atomic mass is 10.0. The summed E-state index contributed by atoms with van der Waals surface area (Å²) in [4.78, 5) is 18.2. The topological polar surface area (TPSA) is 130 Å². The van der Waals surface area contributed by atoms with Crippen LogP contribution in [-0.2, 0) is 16.4 Å². The number of pyridine rings is 1. The van der Waals surface area contributed by atoms with Gasteiger partial charge in [0.25, 0.3) is 0 Å².